The van der Waals surface area contributed by atoms with Gasteiger partial charge in [-0.2, -0.15) is 0 Å². The van der Waals surface area contributed by atoms with E-state index in [0.717, 1.165) is 0 Å². The number of hydrogen-bond acceptors (Lipinski definition) is 10. The summed E-state index contributed by atoms with van der Waals surface area (Å²) in [5, 5.41) is 9.89. The summed E-state index contributed by atoms with van der Waals surface area (Å²) in [6.45, 7) is 11.0. The minimum Gasteiger partial charge on any atom is -0.480 e. The fraction of sp³-hybridized carbons (Fsp3) is 0.615. The second kappa shape index (κ2) is 15.0. The molecular formula is C26H39NO10. The Labute approximate surface area is 217 Å². The predicted molar refractivity (Wildman–Crippen MR) is 133 cm³/mol. The first-order valence-corrected chi connectivity index (χ1v) is 12.4. The van der Waals surface area contributed by atoms with Crippen molar-refractivity contribution in [1.82, 2.24) is 0 Å². The molecule has 37 heavy (non-hydrogen) atoms. The van der Waals surface area contributed by atoms with Gasteiger partial charge < -0.3 is 34.5 Å². The van der Waals surface area contributed by atoms with Crippen LogP contribution in [0.1, 0.15) is 66.4 Å². The number of nitrogens with two attached hydrogens (primary N) is 1. The number of ether oxygens (including phenoxy) is 5. The van der Waals surface area contributed by atoms with Gasteiger partial charge in [-0.15, -0.1) is 0 Å². The van der Waals surface area contributed by atoms with Crippen molar-refractivity contribution in [3.63, 3.8) is 0 Å². The van der Waals surface area contributed by atoms with Gasteiger partial charge in [0.25, 0.3) is 0 Å². The number of aliphatic carboxylic acids is 1. The van der Waals surface area contributed by atoms with Gasteiger partial charge in [-0.1, -0.05) is 40.7 Å². The van der Waals surface area contributed by atoms with Crippen molar-refractivity contribution in [2.75, 3.05) is 13.2 Å². The molecule has 0 saturated carbocycles. The van der Waals surface area contributed by atoms with Gasteiger partial charge in [-0.3, -0.25) is 9.59 Å². The second-order valence-electron chi connectivity index (χ2n) is 9.30. The van der Waals surface area contributed by atoms with E-state index in [-0.39, 0.29) is 49.4 Å². The Hall–Kier alpha value is -3.34. The van der Waals surface area contributed by atoms with Crippen LogP contribution in [0.2, 0.25) is 0 Å². The standard InChI is InChI=1S/C26H39NO10/c1-7-11-33-24(31)36-20-10-9-19(13-21(20)37-25(32)34-12-8-2)15-26(27,23(29)30)14-17(5)35-22(28)18(6)16(3)4/h9-10,13,16-18H,7-8,11-12,14-15,27H2,1-6H3,(H,29,30)/t17-,18?,26?/m0/s1. The van der Waals surface area contributed by atoms with E-state index in [9.17, 15) is 24.3 Å². The lowest BCUT2D eigenvalue weighted by atomic mass is 9.86. The zero-order valence-electron chi connectivity index (χ0n) is 22.4. The molecule has 0 aromatic heterocycles. The Morgan fingerprint density at radius 3 is 1.95 bits per heavy atom. The Balaban J connectivity index is 3.15. The Kier molecular flexibility index (Phi) is 12.9. The molecule has 0 fully saturated rings. The third-order valence-corrected chi connectivity index (χ3v) is 5.53. The molecule has 1 rings (SSSR count). The molecule has 2 unspecified atom stereocenters. The normalized spacial score (nSPS) is 14.2. The van der Waals surface area contributed by atoms with E-state index in [0.29, 0.717) is 18.4 Å². The van der Waals surface area contributed by atoms with Gasteiger partial charge in [0.15, 0.2) is 11.5 Å². The maximum atomic E-state index is 12.3. The highest BCUT2D eigenvalue weighted by molar-refractivity contribution is 5.79. The van der Waals surface area contributed by atoms with Crippen LogP contribution < -0.4 is 15.2 Å². The van der Waals surface area contributed by atoms with Crippen molar-refractivity contribution in [2.45, 2.75) is 78.9 Å². The van der Waals surface area contributed by atoms with Crippen LogP contribution in [0.3, 0.4) is 0 Å². The summed E-state index contributed by atoms with van der Waals surface area (Å²) < 4.78 is 25.6. The third kappa shape index (κ3) is 10.7. The van der Waals surface area contributed by atoms with Gasteiger partial charge in [0.1, 0.15) is 11.6 Å². The Morgan fingerprint density at radius 2 is 1.46 bits per heavy atom. The first-order chi connectivity index (χ1) is 17.3. The van der Waals surface area contributed by atoms with Crippen LogP contribution in [0, 0.1) is 11.8 Å². The number of rotatable bonds is 14. The number of hydrogen-bond donors (Lipinski definition) is 2. The summed E-state index contributed by atoms with van der Waals surface area (Å²) >= 11 is 0. The summed E-state index contributed by atoms with van der Waals surface area (Å²) in [5.74, 6) is -2.34. The summed E-state index contributed by atoms with van der Waals surface area (Å²) in [4.78, 5) is 48.4. The number of carboxylic acid groups (broad SMARTS) is 1. The number of benzene rings is 1. The molecule has 0 radical (unpaired) electrons. The first kappa shape index (κ1) is 31.7. The molecule has 0 saturated heterocycles. The van der Waals surface area contributed by atoms with Crippen LogP contribution in [0.5, 0.6) is 11.5 Å². The monoisotopic (exact) mass is 525 g/mol. The summed E-state index contributed by atoms with van der Waals surface area (Å²) in [6, 6.07) is 4.15. The Morgan fingerprint density at radius 1 is 0.919 bits per heavy atom. The lowest BCUT2D eigenvalue weighted by Crippen LogP contribution is -2.52. The molecule has 0 aliphatic carbocycles. The molecule has 1 aromatic carbocycles. The molecular weight excluding hydrogens is 486 g/mol. The minimum atomic E-state index is -1.82. The van der Waals surface area contributed by atoms with Crippen molar-refractivity contribution in [2.24, 2.45) is 17.6 Å². The fourth-order valence-corrected chi connectivity index (χ4v) is 3.17. The van der Waals surface area contributed by atoms with Gasteiger partial charge >= 0.3 is 24.2 Å². The van der Waals surface area contributed by atoms with Crippen LogP contribution in [0.25, 0.3) is 0 Å². The smallest absolute Gasteiger partial charge is 0.480 e. The number of carbonyl (C=O) groups is 4. The van der Waals surface area contributed by atoms with Gasteiger partial charge in [0.2, 0.25) is 0 Å². The molecule has 1 aromatic rings. The fourth-order valence-electron chi connectivity index (χ4n) is 3.17. The van der Waals surface area contributed by atoms with Crippen LogP contribution >= 0.6 is 0 Å². The van der Waals surface area contributed by atoms with Gasteiger partial charge in [-0.05, 0) is 43.4 Å². The SMILES string of the molecule is CCCOC(=O)Oc1ccc(CC(N)(C[C@H](C)OC(=O)C(C)C(C)C)C(=O)O)cc1OC(=O)OCCC. The lowest BCUT2D eigenvalue weighted by molar-refractivity contribution is -0.157. The quantitative estimate of drug-likeness (QED) is 0.200. The van der Waals surface area contributed by atoms with E-state index in [1.807, 2.05) is 20.8 Å². The second-order valence-corrected chi connectivity index (χ2v) is 9.30. The van der Waals surface area contributed by atoms with Gasteiger partial charge in [-0.25, -0.2) is 9.59 Å². The molecule has 3 N–H and O–H groups in total. The summed E-state index contributed by atoms with van der Waals surface area (Å²) in [7, 11) is 0. The van der Waals surface area contributed by atoms with E-state index >= 15 is 0 Å². The van der Waals surface area contributed by atoms with Crippen molar-refractivity contribution in [3.05, 3.63) is 23.8 Å². The van der Waals surface area contributed by atoms with E-state index in [1.165, 1.54) is 18.2 Å². The minimum absolute atomic E-state index is 0.0595. The molecule has 0 amide bonds. The van der Waals surface area contributed by atoms with Crippen LogP contribution in [-0.2, 0) is 30.2 Å². The topological polar surface area (TPSA) is 161 Å². The number of carbonyl (C=O) groups excluding carboxylic acids is 3. The average molecular weight is 526 g/mol. The van der Waals surface area contributed by atoms with Crippen molar-refractivity contribution in [3.8, 4) is 11.5 Å². The molecule has 0 heterocycles. The zero-order chi connectivity index (χ0) is 28.2. The number of esters is 1. The first-order valence-electron chi connectivity index (χ1n) is 12.4. The van der Waals surface area contributed by atoms with E-state index in [2.05, 4.69) is 0 Å². The Bertz CT molecular complexity index is 932. The van der Waals surface area contributed by atoms with Crippen LogP contribution in [0.4, 0.5) is 9.59 Å². The van der Waals surface area contributed by atoms with Crippen LogP contribution in [-0.4, -0.2) is 54.2 Å². The van der Waals surface area contributed by atoms with Crippen molar-refractivity contribution >= 4 is 24.2 Å². The van der Waals surface area contributed by atoms with Crippen LogP contribution in [0.15, 0.2) is 18.2 Å². The third-order valence-electron chi connectivity index (χ3n) is 5.53. The van der Waals surface area contributed by atoms with Crippen molar-refractivity contribution in [1.29, 1.82) is 0 Å². The summed E-state index contributed by atoms with van der Waals surface area (Å²) in [6.07, 6.45) is -2.02. The number of carboxylic acids is 1. The van der Waals surface area contributed by atoms with Crippen molar-refractivity contribution < 1.29 is 48.0 Å². The molecule has 0 spiro atoms. The predicted octanol–water partition coefficient (Wildman–Crippen LogP) is 4.48. The maximum Gasteiger partial charge on any atom is 0.513 e. The largest absolute Gasteiger partial charge is 0.513 e. The molecule has 208 valence electrons. The summed E-state index contributed by atoms with van der Waals surface area (Å²) in [5.41, 5.74) is 4.80. The average Bonchev–Trinajstić information content (AvgIpc) is 2.82. The van der Waals surface area contributed by atoms with Gasteiger partial charge in [0.05, 0.1) is 19.1 Å². The zero-order valence-corrected chi connectivity index (χ0v) is 22.4. The highest BCUT2D eigenvalue weighted by Crippen LogP contribution is 2.31. The molecule has 0 aliphatic rings. The van der Waals surface area contributed by atoms with Gasteiger partial charge in [0, 0.05) is 12.8 Å². The molecule has 3 atom stereocenters. The molecule has 11 heteroatoms. The molecule has 11 nitrogen and oxygen atoms in total. The highest BCUT2D eigenvalue weighted by Gasteiger charge is 2.37. The highest BCUT2D eigenvalue weighted by atomic mass is 16.7. The maximum absolute atomic E-state index is 12.3. The van der Waals surface area contributed by atoms with E-state index < -0.39 is 35.9 Å². The van der Waals surface area contributed by atoms with E-state index in [4.69, 9.17) is 29.4 Å². The lowest BCUT2D eigenvalue weighted by Gasteiger charge is -2.29. The van der Waals surface area contributed by atoms with E-state index in [1.54, 1.807) is 20.8 Å². The molecule has 0 bridgehead atoms. The molecule has 0 aliphatic heterocycles.